The Morgan fingerprint density at radius 1 is 0.909 bits per heavy atom. The van der Waals surface area contributed by atoms with Crippen LogP contribution in [0.1, 0.15) is 10.4 Å². The molecule has 0 aromatic heterocycles. The fraction of sp³-hybridized carbons (Fsp3) is 0. The van der Waals surface area contributed by atoms with Crippen LogP contribution in [0.5, 0.6) is 0 Å². The van der Waals surface area contributed by atoms with Gasteiger partial charge in [0, 0.05) is 10.5 Å². The normalized spacial score (nSPS) is 16.1. The Bertz CT molecular complexity index is 870. The molecule has 0 saturated heterocycles. The molecular formula is C17H9NO3S. The van der Waals surface area contributed by atoms with Crippen LogP contribution in [-0.4, -0.2) is 17.5 Å². The van der Waals surface area contributed by atoms with E-state index in [1.165, 1.54) is 16.7 Å². The van der Waals surface area contributed by atoms with Gasteiger partial charge in [0.1, 0.15) is 10.6 Å². The predicted octanol–water partition coefficient (Wildman–Crippen LogP) is 2.80. The SMILES string of the molecule is O=C1C(=O)N2C(=C1C(=O)c1ccccc1)Sc1ccccc12. The van der Waals surface area contributed by atoms with Gasteiger partial charge in [0.2, 0.25) is 0 Å². The molecule has 0 saturated carbocycles. The lowest BCUT2D eigenvalue weighted by Gasteiger charge is -2.09. The van der Waals surface area contributed by atoms with Gasteiger partial charge in [0.25, 0.3) is 5.78 Å². The van der Waals surface area contributed by atoms with Crippen molar-refractivity contribution in [2.45, 2.75) is 4.90 Å². The molecule has 1 amide bonds. The Hall–Kier alpha value is -2.66. The lowest BCUT2D eigenvalue weighted by Crippen LogP contribution is -2.26. The number of nitrogens with zero attached hydrogens (tertiary/aromatic N) is 1. The lowest BCUT2D eigenvalue weighted by molar-refractivity contribution is -0.132. The molecule has 4 nitrogen and oxygen atoms in total. The summed E-state index contributed by atoms with van der Waals surface area (Å²) in [7, 11) is 0. The van der Waals surface area contributed by atoms with Crippen LogP contribution in [0.25, 0.3) is 0 Å². The molecule has 0 fully saturated rings. The van der Waals surface area contributed by atoms with Gasteiger partial charge in [-0.25, -0.2) is 0 Å². The maximum atomic E-state index is 12.6. The van der Waals surface area contributed by atoms with Crippen molar-refractivity contribution in [3.8, 4) is 0 Å². The molecule has 0 spiro atoms. The predicted molar refractivity (Wildman–Crippen MR) is 82.6 cm³/mol. The minimum absolute atomic E-state index is 0.0302. The summed E-state index contributed by atoms with van der Waals surface area (Å²) in [5, 5.41) is 0.421. The number of hydrogen-bond acceptors (Lipinski definition) is 4. The van der Waals surface area contributed by atoms with Crippen LogP contribution in [0, 0.1) is 0 Å². The van der Waals surface area contributed by atoms with Gasteiger partial charge < -0.3 is 0 Å². The van der Waals surface area contributed by atoms with Crippen LogP contribution in [0.3, 0.4) is 0 Å². The number of ketones is 2. The van der Waals surface area contributed by atoms with Gasteiger partial charge in [-0.2, -0.15) is 0 Å². The first-order valence-corrected chi connectivity index (χ1v) is 7.50. The van der Waals surface area contributed by atoms with Crippen molar-refractivity contribution >= 4 is 34.9 Å². The quantitative estimate of drug-likeness (QED) is 0.486. The zero-order valence-corrected chi connectivity index (χ0v) is 12.1. The van der Waals surface area contributed by atoms with E-state index in [1.54, 1.807) is 42.5 Å². The van der Waals surface area contributed by atoms with Crippen LogP contribution in [0.4, 0.5) is 5.69 Å². The van der Waals surface area contributed by atoms with E-state index in [9.17, 15) is 14.4 Å². The number of anilines is 1. The molecule has 5 heteroatoms. The van der Waals surface area contributed by atoms with E-state index in [4.69, 9.17) is 0 Å². The second-order valence-corrected chi connectivity index (χ2v) is 5.95. The van der Waals surface area contributed by atoms with Crippen LogP contribution in [0.2, 0.25) is 0 Å². The fourth-order valence-electron chi connectivity index (χ4n) is 2.59. The van der Waals surface area contributed by atoms with E-state index in [0.29, 0.717) is 16.3 Å². The summed E-state index contributed by atoms with van der Waals surface area (Å²) < 4.78 is 0. The zero-order valence-electron chi connectivity index (χ0n) is 11.3. The average molecular weight is 307 g/mol. The maximum Gasteiger partial charge on any atom is 0.304 e. The first-order valence-electron chi connectivity index (χ1n) is 6.68. The van der Waals surface area contributed by atoms with Crippen molar-refractivity contribution in [2.75, 3.05) is 4.90 Å². The molecule has 22 heavy (non-hydrogen) atoms. The average Bonchev–Trinajstić information content (AvgIpc) is 3.04. The molecule has 2 aliphatic rings. The standard InChI is InChI=1S/C17H9NO3S/c19-14(10-6-2-1-3-7-10)13-15(20)16(21)18-11-8-4-5-9-12(11)22-17(13)18/h1-9H. The van der Waals surface area contributed by atoms with Crippen molar-refractivity contribution < 1.29 is 14.4 Å². The summed E-state index contributed by atoms with van der Waals surface area (Å²) in [4.78, 5) is 39.4. The molecular weight excluding hydrogens is 298 g/mol. The third kappa shape index (κ3) is 1.69. The summed E-state index contributed by atoms with van der Waals surface area (Å²) in [6, 6.07) is 15.8. The van der Waals surface area contributed by atoms with Crippen molar-refractivity contribution in [2.24, 2.45) is 0 Å². The number of hydrogen-bond donors (Lipinski definition) is 0. The van der Waals surface area contributed by atoms with Crippen molar-refractivity contribution in [1.82, 2.24) is 0 Å². The number of carbonyl (C=O) groups excluding carboxylic acids is 3. The second-order valence-electron chi connectivity index (χ2n) is 4.91. The number of rotatable bonds is 2. The monoisotopic (exact) mass is 307 g/mol. The topological polar surface area (TPSA) is 54.5 Å². The first kappa shape index (κ1) is 13.0. The zero-order chi connectivity index (χ0) is 15.3. The minimum atomic E-state index is -0.731. The van der Waals surface area contributed by atoms with Gasteiger partial charge in [-0.05, 0) is 12.1 Å². The number of fused-ring (bicyclic) bond motifs is 3. The van der Waals surface area contributed by atoms with E-state index in [0.717, 1.165) is 4.90 Å². The van der Waals surface area contributed by atoms with E-state index in [1.807, 2.05) is 12.1 Å². The van der Waals surface area contributed by atoms with E-state index < -0.39 is 17.5 Å². The second kappa shape index (κ2) is 4.68. The Morgan fingerprint density at radius 3 is 2.36 bits per heavy atom. The molecule has 2 heterocycles. The number of carbonyl (C=O) groups is 3. The summed E-state index contributed by atoms with van der Waals surface area (Å²) in [6.45, 7) is 0. The van der Waals surface area contributed by atoms with Gasteiger partial charge in [-0.1, -0.05) is 54.2 Å². The van der Waals surface area contributed by atoms with Gasteiger partial charge in [0.15, 0.2) is 5.78 Å². The molecule has 0 radical (unpaired) electrons. The van der Waals surface area contributed by atoms with Crippen molar-refractivity contribution in [3.63, 3.8) is 0 Å². The summed E-state index contributed by atoms with van der Waals surface area (Å²) >= 11 is 1.29. The van der Waals surface area contributed by atoms with Gasteiger partial charge in [-0.15, -0.1) is 0 Å². The lowest BCUT2D eigenvalue weighted by atomic mass is 10.0. The number of amides is 1. The smallest absolute Gasteiger partial charge is 0.288 e. The Kier molecular flexibility index (Phi) is 2.77. The van der Waals surface area contributed by atoms with Gasteiger partial charge in [0.05, 0.1) is 5.69 Å². The highest BCUT2D eigenvalue weighted by molar-refractivity contribution is 8.04. The van der Waals surface area contributed by atoms with Crippen LogP contribution in [0.15, 0.2) is 70.1 Å². The van der Waals surface area contributed by atoms with Gasteiger partial charge in [-0.3, -0.25) is 19.3 Å². The molecule has 0 bridgehead atoms. The highest BCUT2D eigenvalue weighted by atomic mass is 32.2. The highest BCUT2D eigenvalue weighted by Crippen LogP contribution is 2.50. The third-order valence-electron chi connectivity index (χ3n) is 3.62. The molecule has 2 aliphatic heterocycles. The molecule has 0 aliphatic carbocycles. The summed E-state index contributed by atoms with van der Waals surface area (Å²) in [5.74, 6) is -1.80. The summed E-state index contributed by atoms with van der Waals surface area (Å²) in [6.07, 6.45) is 0. The van der Waals surface area contributed by atoms with Gasteiger partial charge >= 0.3 is 5.91 Å². The molecule has 2 aromatic carbocycles. The maximum absolute atomic E-state index is 12.6. The Balaban J connectivity index is 1.87. The molecule has 106 valence electrons. The Morgan fingerprint density at radius 2 is 1.59 bits per heavy atom. The number of Topliss-reactive ketones (excluding diaryl/α,β-unsaturated/α-hetero) is 2. The molecule has 4 rings (SSSR count). The van der Waals surface area contributed by atoms with Crippen LogP contribution >= 0.6 is 11.8 Å². The van der Waals surface area contributed by atoms with Crippen LogP contribution in [-0.2, 0) is 9.59 Å². The molecule has 0 atom stereocenters. The van der Waals surface area contributed by atoms with E-state index in [-0.39, 0.29) is 5.57 Å². The number of benzene rings is 2. The fourth-order valence-corrected chi connectivity index (χ4v) is 3.77. The largest absolute Gasteiger partial charge is 0.304 e. The third-order valence-corrected chi connectivity index (χ3v) is 4.76. The first-order chi connectivity index (χ1) is 10.7. The molecule has 0 N–H and O–H groups in total. The number of thioether (sulfide) groups is 1. The minimum Gasteiger partial charge on any atom is -0.288 e. The highest BCUT2D eigenvalue weighted by Gasteiger charge is 2.46. The number of para-hydroxylation sites is 1. The molecule has 0 unspecified atom stereocenters. The molecule has 2 aromatic rings. The summed E-state index contributed by atoms with van der Waals surface area (Å²) in [5.41, 5.74) is 1.04. The van der Waals surface area contributed by atoms with E-state index >= 15 is 0 Å². The van der Waals surface area contributed by atoms with Crippen molar-refractivity contribution in [1.29, 1.82) is 0 Å². The van der Waals surface area contributed by atoms with Crippen LogP contribution < -0.4 is 4.90 Å². The Labute approximate surface area is 130 Å². The van der Waals surface area contributed by atoms with Crippen molar-refractivity contribution in [3.05, 3.63) is 70.8 Å². The van der Waals surface area contributed by atoms with E-state index in [2.05, 4.69) is 0 Å².